The Bertz CT molecular complexity index is 666. The zero-order valence-corrected chi connectivity index (χ0v) is 11.6. The number of amides is 1. The number of nitrogens with zero attached hydrogens (tertiary/aromatic N) is 1. The lowest BCUT2D eigenvalue weighted by molar-refractivity contribution is -0.119. The molecule has 0 aliphatic heterocycles. The SMILES string of the molecule is NC(=O)COc1ccc(/C=N\OC(=O)c2ccccc2)cc1. The number of ether oxygens (including phenoxy) is 1. The second-order valence-electron chi connectivity index (χ2n) is 4.30. The minimum absolute atomic E-state index is 0.178. The number of oxime groups is 1. The fourth-order valence-electron chi connectivity index (χ4n) is 1.57. The Balaban J connectivity index is 1.88. The zero-order valence-electron chi connectivity index (χ0n) is 11.6. The molecule has 2 aromatic carbocycles. The molecule has 112 valence electrons. The predicted octanol–water partition coefficient (Wildman–Crippen LogP) is 1.74. The summed E-state index contributed by atoms with van der Waals surface area (Å²) in [5.74, 6) is -0.561. The number of carbonyl (C=O) groups excluding carboxylic acids is 2. The van der Waals surface area contributed by atoms with Crippen molar-refractivity contribution in [3.8, 4) is 5.75 Å². The second-order valence-corrected chi connectivity index (χ2v) is 4.30. The molecule has 2 rings (SSSR count). The van der Waals surface area contributed by atoms with Crippen LogP contribution in [0.2, 0.25) is 0 Å². The van der Waals surface area contributed by atoms with E-state index >= 15 is 0 Å². The molecule has 22 heavy (non-hydrogen) atoms. The smallest absolute Gasteiger partial charge is 0.365 e. The Morgan fingerprint density at radius 1 is 1.05 bits per heavy atom. The molecule has 0 spiro atoms. The molecule has 0 bridgehead atoms. The van der Waals surface area contributed by atoms with Gasteiger partial charge in [0.1, 0.15) is 5.75 Å². The quantitative estimate of drug-likeness (QED) is 0.499. The fraction of sp³-hybridized carbons (Fsp3) is 0.0625. The minimum atomic E-state index is -0.543. The van der Waals surface area contributed by atoms with E-state index < -0.39 is 11.9 Å². The maximum atomic E-state index is 11.6. The summed E-state index contributed by atoms with van der Waals surface area (Å²) < 4.78 is 5.12. The summed E-state index contributed by atoms with van der Waals surface area (Å²) >= 11 is 0. The van der Waals surface area contributed by atoms with E-state index in [1.165, 1.54) is 6.21 Å². The lowest BCUT2D eigenvalue weighted by Gasteiger charge is -2.03. The number of rotatable bonds is 6. The summed E-state index contributed by atoms with van der Waals surface area (Å²) in [4.78, 5) is 27.0. The second kappa shape index (κ2) is 7.58. The molecule has 0 saturated carbocycles. The Morgan fingerprint density at radius 3 is 2.36 bits per heavy atom. The zero-order chi connectivity index (χ0) is 15.8. The molecule has 1 amide bonds. The molecule has 2 N–H and O–H groups in total. The summed E-state index contributed by atoms with van der Waals surface area (Å²) in [6.45, 7) is -0.178. The molecule has 0 aliphatic carbocycles. The van der Waals surface area contributed by atoms with Crippen LogP contribution in [0.4, 0.5) is 0 Å². The van der Waals surface area contributed by atoms with Gasteiger partial charge in [0.2, 0.25) is 0 Å². The van der Waals surface area contributed by atoms with Gasteiger partial charge in [0.15, 0.2) is 6.61 Å². The third-order valence-corrected chi connectivity index (χ3v) is 2.61. The maximum Gasteiger partial charge on any atom is 0.365 e. The Morgan fingerprint density at radius 2 is 1.73 bits per heavy atom. The predicted molar refractivity (Wildman–Crippen MR) is 80.6 cm³/mol. The van der Waals surface area contributed by atoms with Crippen molar-refractivity contribution in [1.29, 1.82) is 0 Å². The topological polar surface area (TPSA) is 91.0 Å². The van der Waals surface area contributed by atoms with Crippen LogP contribution >= 0.6 is 0 Å². The van der Waals surface area contributed by atoms with E-state index in [-0.39, 0.29) is 6.61 Å². The number of hydrogen-bond acceptors (Lipinski definition) is 5. The third-order valence-electron chi connectivity index (χ3n) is 2.61. The Kier molecular flexibility index (Phi) is 5.25. The van der Waals surface area contributed by atoms with Gasteiger partial charge in [-0.2, -0.15) is 0 Å². The van der Waals surface area contributed by atoms with Crippen LogP contribution in [0.1, 0.15) is 15.9 Å². The van der Waals surface area contributed by atoms with Crippen LogP contribution in [-0.4, -0.2) is 24.7 Å². The van der Waals surface area contributed by atoms with Crippen molar-refractivity contribution in [2.45, 2.75) is 0 Å². The van der Waals surface area contributed by atoms with Gasteiger partial charge in [0, 0.05) is 0 Å². The highest BCUT2D eigenvalue weighted by Gasteiger charge is 2.04. The molecule has 6 heteroatoms. The van der Waals surface area contributed by atoms with Crippen LogP contribution in [-0.2, 0) is 9.63 Å². The van der Waals surface area contributed by atoms with Gasteiger partial charge in [-0.25, -0.2) is 4.79 Å². The van der Waals surface area contributed by atoms with E-state index in [2.05, 4.69) is 5.16 Å². The first kappa shape index (κ1) is 15.2. The molecule has 0 fully saturated rings. The van der Waals surface area contributed by atoms with Crippen molar-refractivity contribution in [3.05, 3.63) is 65.7 Å². The number of benzene rings is 2. The minimum Gasteiger partial charge on any atom is -0.484 e. The summed E-state index contributed by atoms with van der Waals surface area (Å²) in [5.41, 5.74) is 6.12. The summed E-state index contributed by atoms with van der Waals surface area (Å²) in [6.07, 6.45) is 1.40. The highest BCUT2D eigenvalue weighted by Crippen LogP contribution is 2.11. The molecular weight excluding hydrogens is 284 g/mol. The fourth-order valence-corrected chi connectivity index (χ4v) is 1.57. The lowest BCUT2D eigenvalue weighted by atomic mass is 10.2. The molecule has 0 aliphatic rings. The van der Waals surface area contributed by atoms with Gasteiger partial charge >= 0.3 is 5.97 Å². The van der Waals surface area contributed by atoms with Crippen LogP contribution in [0.3, 0.4) is 0 Å². The van der Waals surface area contributed by atoms with Crippen LogP contribution in [0, 0.1) is 0 Å². The largest absolute Gasteiger partial charge is 0.484 e. The van der Waals surface area contributed by atoms with Crippen LogP contribution in [0.15, 0.2) is 59.8 Å². The van der Waals surface area contributed by atoms with Gasteiger partial charge < -0.3 is 15.3 Å². The standard InChI is InChI=1S/C16H14N2O4/c17-15(19)11-21-14-8-6-12(7-9-14)10-18-22-16(20)13-4-2-1-3-5-13/h1-10H,11H2,(H2,17,19)/b18-10-. The first-order chi connectivity index (χ1) is 10.6. The van der Waals surface area contributed by atoms with E-state index in [4.69, 9.17) is 15.3 Å². The molecule has 0 heterocycles. The van der Waals surface area contributed by atoms with Gasteiger partial charge in [-0.1, -0.05) is 23.4 Å². The van der Waals surface area contributed by atoms with Gasteiger partial charge in [0.25, 0.3) is 5.91 Å². The molecular formula is C16H14N2O4. The van der Waals surface area contributed by atoms with Crippen LogP contribution in [0.25, 0.3) is 0 Å². The average molecular weight is 298 g/mol. The first-order valence-corrected chi connectivity index (χ1v) is 6.46. The normalized spacial score (nSPS) is 10.4. The van der Waals surface area contributed by atoms with Gasteiger partial charge in [0.05, 0.1) is 11.8 Å². The van der Waals surface area contributed by atoms with Gasteiger partial charge in [-0.15, -0.1) is 0 Å². The van der Waals surface area contributed by atoms with E-state index in [1.807, 2.05) is 6.07 Å². The van der Waals surface area contributed by atoms with Crippen molar-refractivity contribution in [1.82, 2.24) is 0 Å². The van der Waals surface area contributed by atoms with E-state index in [0.717, 1.165) is 0 Å². The molecule has 0 radical (unpaired) electrons. The van der Waals surface area contributed by atoms with Crippen molar-refractivity contribution < 1.29 is 19.2 Å². The van der Waals surface area contributed by atoms with Crippen molar-refractivity contribution in [2.75, 3.05) is 6.61 Å². The molecule has 0 saturated heterocycles. The number of primary amides is 1. The molecule has 0 atom stereocenters. The monoisotopic (exact) mass is 298 g/mol. The van der Waals surface area contributed by atoms with Crippen LogP contribution < -0.4 is 10.5 Å². The van der Waals surface area contributed by atoms with E-state index in [1.54, 1.807) is 48.5 Å². The van der Waals surface area contributed by atoms with Crippen LogP contribution in [0.5, 0.6) is 5.75 Å². The molecule has 0 aromatic heterocycles. The summed E-state index contributed by atoms with van der Waals surface area (Å²) in [7, 11) is 0. The molecule has 0 unspecified atom stereocenters. The highest BCUT2D eigenvalue weighted by molar-refractivity contribution is 5.90. The Hall–Kier alpha value is -3.15. The summed E-state index contributed by atoms with van der Waals surface area (Å²) in [6, 6.07) is 15.3. The first-order valence-electron chi connectivity index (χ1n) is 6.46. The van der Waals surface area contributed by atoms with E-state index in [0.29, 0.717) is 16.9 Å². The summed E-state index contributed by atoms with van der Waals surface area (Å²) in [5, 5.41) is 3.63. The van der Waals surface area contributed by atoms with Crippen molar-refractivity contribution >= 4 is 18.1 Å². The van der Waals surface area contributed by atoms with Crippen molar-refractivity contribution in [2.24, 2.45) is 10.9 Å². The Labute approximate surface area is 127 Å². The molecule has 2 aromatic rings. The third kappa shape index (κ3) is 4.75. The molecule has 6 nitrogen and oxygen atoms in total. The number of hydrogen-bond donors (Lipinski definition) is 1. The highest BCUT2D eigenvalue weighted by atomic mass is 16.7. The van der Waals surface area contributed by atoms with Gasteiger partial charge in [-0.3, -0.25) is 4.79 Å². The maximum absolute atomic E-state index is 11.6. The van der Waals surface area contributed by atoms with Gasteiger partial charge in [-0.05, 0) is 42.0 Å². The number of nitrogens with two attached hydrogens (primary N) is 1. The van der Waals surface area contributed by atoms with Crippen molar-refractivity contribution in [3.63, 3.8) is 0 Å². The van der Waals surface area contributed by atoms with E-state index in [9.17, 15) is 9.59 Å². The average Bonchev–Trinajstić information content (AvgIpc) is 2.55. The lowest BCUT2D eigenvalue weighted by Crippen LogP contribution is -2.19. The number of carbonyl (C=O) groups is 2.